The van der Waals surface area contributed by atoms with Gasteiger partial charge in [-0.25, -0.2) is 0 Å². The van der Waals surface area contributed by atoms with Gasteiger partial charge in [-0.05, 0) is 35.4 Å². The molecule has 0 aromatic heterocycles. The van der Waals surface area contributed by atoms with Crippen LogP contribution in [0.1, 0.15) is 24.1 Å². The van der Waals surface area contributed by atoms with Crippen molar-refractivity contribution in [2.75, 3.05) is 26.2 Å². The van der Waals surface area contributed by atoms with Crippen LogP contribution < -0.4 is 14.8 Å². The van der Waals surface area contributed by atoms with Crippen LogP contribution in [0.5, 0.6) is 11.5 Å². The van der Waals surface area contributed by atoms with E-state index in [4.69, 9.17) is 4.74 Å². The van der Waals surface area contributed by atoms with E-state index in [9.17, 15) is 18.0 Å². The molecular formula is C20H23Cl2F3N2O3. The number of carbonyl (C=O) groups is 1. The highest BCUT2D eigenvalue weighted by Crippen LogP contribution is 2.32. The quantitative estimate of drug-likeness (QED) is 0.524. The summed E-state index contributed by atoms with van der Waals surface area (Å²) in [4.78, 5) is 13.4. The van der Waals surface area contributed by atoms with E-state index in [-0.39, 0.29) is 36.6 Å². The number of hydrogen-bond acceptors (Lipinski definition) is 5. The molecule has 3 rings (SSSR count). The molecule has 1 aliphatic rings. The zero-order valence-corrected chi connectivity index (χ0v) is 17.8. The fourth-order valence-corrected chi connectivity index (χ4v) is 3.29. The average Bonchev–Trinajstić information content (AvgIpc) is 2.64. The van der Waals surface area contributed by atoms with Crippen LogP contribution in [-0.2, 0) is 4.79 Å². The average molecular weight is 467 g/mol. The summed E-state index contributed by atoms with van der Waals surface area (Å²) in [7, 11) is 0. The zero-order chi connectivity index (χ0) is 20.1. The summed E-state index contributed by atoms with van der Waals surface area (Å²) >= 11 is 0. The lowest BCUT2D eigenvalue weighted by Gasteiger charge is -2.35. The van der Waals surface area contributed by atoms with Gasteiger partial charge < -0.3 is 14.8 Å². The van der Waals surface area contributed by atoms with Gasteiger partial charge in [-0.3, -0.25) is 9.69 Å². The number of esters is 1. The van der Waals surface area contributed by atoms with Gasteiger partial charge >= 0.3 is 12.3 Å². The zero-order valence-electron chi connectivity index (χ0n) is 16.1. The van der Waals surface area contributed by atoms with Crippen molar-refractivity contribution in [2.24, 2.45) is 0 Å². The predicted molar refractivity (Wildman–Crippen MR) is 112 cm³/mol. The van der Waals surface area contributed by atoms with E-state index in [1.54, 1.807) is 24.3 Å². The van der Waals surface area contributed by atoms with E-state index in [0.717, 1.165) is 37.3 Å². The summed E-state index contributed by atoms with van der Waals surface area (Å²) in [5.41, 5.74) is 1.82. The number of alkyl halides is 3. The van der Waals surface area contributed by atoms with Crippen molar-refractivity contribution in [3.63, 3.8) is 0 Å². The monoisotopic (exact) mass is 466 g/mol. The van der Waals surface area contributed by atoms with Crippen molar-refractivity contribution in [2.45, 2.75) is 19.3 Å². The molecule has 1 atom stereocenters. The Morgan fingerprint density at radius 2 is 1.40 bits per heavy atom. The second-order valence-electron chi connectivity index (χ2n) is 6.47. The van der Waals surface area contributed by atoms with E-state index in [0.29, 0.717) is 5.75 Å². The van der Waals surface area contributed by atoms with Crippen LogP contribution in [0.4, 0.5) is 13.2 Å². The van der Waals surface area contributed by atoms with Gasteiger partial charge in [0, 0.05) is 33.1 Å². The van der Waals surface area contributed by atoms with Gasteiger partial charge in [0.05, 0.1) is 6.04 Å². The highest BCUT2D eigenvalue weighted by Gasteiger charge is 2.31. The topological polar surface area (TPSA) is 50.8 Å². The Balaban J connectivity index is 0.00000225. The van der Waals surface area contributed by atoms with Gasteiger partial charge in [-0.1, -0.05) is 24.3 Å². The van der Waals surface area contributed by atoms with Crippen LogP contribution in [0.3, 0.4) is 0 Å². The first kappa shape index (κ1) is 26.0. The van der Waals surface area contributed by atoms with Gasteiger partial charge in [-0.15, -0.1) is 38.0 Å². The summed E-state index contributed by atoms with van der Waals surface area (Å²) in [5, 5.41) is 3.29. The third-order valence-electron chi connectivity index (χ3n) is 4.40. The first-order valence-corrected chi connectivity index (χ1v) is 8.91. The Bertz CT molecular complexity index is 796. The molecule has 0 aliphatic carbocycles. The molecule has 1 fully saturated rings. The largest absolute Gasteiger partial charge is 0.573 e. The van der Waals surface area contributed by atoms with Crippen LogP contribution in [0.2, 0.25) is 0 Å². The minimum absolute atomic E-state index is 0. The lowest BCUT2D eigenvalue weighted by Crippen LogP contribution is -2.45. The second kappa shape index (κ2) is 11.4. The van der Waals surface area contributed by atoms with Crippen LogP contribution in [-0.4, -0.2) is 43.4 Å². The summed E-state index contributed by atoms with van der Waals surface area (Å²) in [6.45, 7) is 4.60. The second-order valence-corrected chi connectivity index (χ2v) is 6.47. The number of hydrogen-bond donors (Lipinski definition) is 1. The van der Waals surface area contributed by atoms with Gasteiger partial charge in [0.15, 0.2) is 0 Å². The molecule has 1 aliphatic heterocycles. The third kappa shape index (κ3) is 7.36. The Morgan fingerprint density at radius 1 is 0.933 bits per heavy atom. The number of benzene rings is 2. The lowest BCUT2D eigenvalue weighted by atomic mass is 9.96. The van der Waals surface area contributed by atoms with Crippen molar-refractivity contribution in [3.8, 4) is 11.5 Å². The summed E-state index contributed by atoms with van der Waals surface area (Å²) in [5.74, 6) is -0.198. The molecule has 0 saturated carbocycles. The molecule has 0 spiro atoms. The molecule has 30 heavy (non-hydrogen) atoms. The summed E-state index contributed by atoms with van der Waals surface area (Å²) in [6.07, 6.45) is -4.72. The van der Waals surface area contributed by atoms with E-state index in [1.807, 2.05) is 12.1 Å². The van der Waals surface area contributed by atoms with Crippen LogP contribution in [0.15, 0.2) is 48.5 Å². The number of carbonyl (C=O) groups excluding carboxylic acids is 1. The van der Waals surface area contributed by atoms with E-state index in [2.05, 4.69) is 15.0 Å². The first-order valence-electron chi connectivity index (χ1n) is 8.91. The van der Waals surface area contributed by atoms with Crippen molar-refractivity contribution < 1.29 is 27.4 Å². The van der Waals surface area contributed by atoms with Gasteiger partial charge in [-0.2, -0.15) is 0 Å². The molecule has 0 bridgehead atoms. The van der Waals surface area contributed by atoms with Gasteiger partial charge in [0.1, 0.15) is 11.5 Å². The minimum atomic E-state index is -4.72. The molecule has 0 unspecified atom stereocenters. The Labute approximate surface area is 185 Å². The number of rotatable bonds is 5. The van der Waals surface area contributed by atoms with Crippen molar-refractivity contribution in [1.29, 1.82) is 0 Å². The molecule has 5 nitrogen and oxygen atoms in total. The first-order chi connectivity index (χ1) is 13.3. The van der Waals surface area contributed by atoms with Gasteiger partial charge in [0.2, 0.25) is 0 Å². The number of nitrogens with zero attached hydrogens (tertiary/aromatic N) is 1. The smallest absolute Gasteiger partial charge is 0.427 e. The van der Waals surface area contributed by atoms with Crippen LogP contribution in [0.25, 0.3) is 0 Å². The molecule has 10 heteroatoms. The normalized spacial score (nSPS) is 15.3. The molecule has 0 amide bonds. The fourth-order valence-electron chi connectivity index (χ4n) is 3.29. The third-order valence-corrected chi connectivity index (χ3v) is 4.40. The SMILES string of the molecule is CC(=O)Oc1ccc([C@H](c2ccc(OC(F)(F)F)cc2)N2CCNCC2)cc1.Cl.Cl. The maximum atomic E-state index is 12.4. The standard InChI is InChI=1S/C20H21F3N2O3.2ClH/c1-14(26)27-17-6-2-15(3-7-17)19(25-12-10-24-11-13-25)16-4-8-18(9-5-16)28-20(21,22)23;;/h2-9,19,24H,10-13H2,1H3;2*1H/t19-;;/m1../s1. The van der Waals surface area contributed by atoms with Crippen molar-refractivity contribution in [1.82, 2.24) is 10.2 Å². The van der Waals surface area contributed by atoms with Crippen LogP contribution in [0, 0.1) is 0 Å². The number of piperazine rings is 1. The predicted octanol–water partition coefficient (Wildman–Crippen LogP) is 4.35. The molecule has 2 aromatic rings. The maximum Gasteiger partial charge on any atom is 0.573 e. The highest BCUT2D eigenvalue weighted by molar-refractivity contribution is 5.85. The highest BCUT2D eigenvalue weighted by atomic mass is 35.5. The molecular weight excluding hydrogens is 444 g/mol. The van der Waals surface area contributed by atoms with Crippen molar-refractivity contribution >= 4 is 30.8 Å². The Morgan fingerprint density at radius 3 is 1.83 bits per heavy atom. The lowest BCUT2D eigenvalue weighted by molar-refractivity contribution is -0.274. The molecule has 1 saturated heterocycles. The summed E-state index contributed by atoms with van der Waals surface area (Å²) < 4.78 is 46.3. The fraction of sp³-hybridized carbons (Fsp3) is 0.350. The molecule has 1 N–H and O–H groups in total. The van der Waals surface area contributed by atoms with Crippen molar-refractivity contribution in [3.05, 3.63) is 59.7 Å². The molecule has 166 valence electrons. The van der Waals surface area contributed by atoms with E-state index < -0.39 is 12.3 Å². The number of nitrogens with one attached hydrogen (secondary N) is 1. The minimum Gasteiger partial charge on any atom is -0.427 e. The summed E-state index contributed by atoms with van der Waals surface area (Å²) in [6, 6.07) is 13.0. The van der Waals surface area contributed by atoms with E-state index >= 15 is 0 Å². The Hall–Kier alpha value is -2.00. The molecule has 2 aromatic carbocycles. The van der Waals surface area contributed by atoms with Crippen LogP contribution >= 0.6 is 24.8 Å². The number of halogens is 5. The molecule has 0 radical (unpaired) electrons. The van der Waals surface area contributed by atoms with Gasteiger partial charge in [0.25, 0.3) is 0 Å². The number of ether oxygens (including phenoxy) is 2. The maximum absolute atomic E-state index is 12.4. The Kier molecular flexibility index (Phi) is 9.90. The molecule has 1 heterocycles. The van der Waals surface area contributed by atoms with E-state index in [1.165, 1.54) is 19.1 Å².